The minimum Gasteiger partial charge on any atom is -0.0656 e. The zero-order valence-electron chi connectivity index (χ0n) is 16.8. The van der Waals surface area contributed by atoms with Crippen molar-refractivity contribution >= 4 is 0 Å². The fraction of sp³-hybridized carbons (Fsp3) is 0.478. The number of hydrogen-bond acceptors (Lipinski definition) is 0. The van der Waals surface area contributed by atoms with Crippen molar-refractivity contribution in [3.8, 4) is 0 Å². The summed E-state index contributed by atoms with van der Waals surface area (Å²) in [5.74, 6) is 0. The summed E-state index contributed by atoms with van der Waals surface area (Å²) in [6.07, 6.45) is 2.50. The van der Waals surface area contributed by atoms with Gasteiger partial charge in [0, 0.05) is 0 Å². The van der Waals surface area contributed by atoms with Gasteiger partial charge in [0.15, 0.2) is 0 Å². The lowest BCUT2D eigenvalue weighted by atomic mass is 10.0. The summed E-state index contributed by atoms with van der Waals surface area (Å²) >= 11 is 0. The van der Waals surface area contributed by atoms with Gasteiger partial charge < -0.3 is 0 Å². The zero-order valence-corrected chi connectivity index (χ0v) is 16.8. The first kappa shape index (κ1) is 26.3. The van der Waals surface area contributed by atoms with Gasteiger partial charge in [-0.2, -0.15) is 0 Å². The Labute approximate surface area is 147 Å². The second-order valence-corrected chi connectivity index (χ2v) is 6.72. The van der Waals surface area contributed by atoms with Crippen LogP contribution in [0.2, 0.25) is 0 Å². The van der Waals surface area contributed by atoms with Gasteiger partial charge in [-0.3, -0.25) is 0 Å². The summed E-state index contributed by atoms with van der Waals surface area (Å²) in [6, 6.07) is 24.0. The zero-order chi connectivity index (χ0) is 18.4. The fourth-order valence-corrected chi connectivity index (χ4v) is 0.770. The van der Waals surface area contributed by atoms with Gasteiger partial charge in [-0.05, 0) is 5.41 Å². The highest BCUT2D eigenvalue weighted by molar-refractivity contribution is 4.99. The minimum absolute atomic E-state index is 0.500. The van der Waals surface area contributed by atoms with Gasteiger partial charge in [0.2, 0.25) is 0 Å². The third-order valence-electron chi connectivity index (χ3n) is 1.33. The van der Waals surface area contributed by atoms with Gasteiger partial charge in [-0.15, -0.1) is 0 Å². The quantitative estimate of drug-likeness (QED) is 0.459. The Morgan fingerprint density at radius 1 is 0.391 bits per heavy atom. The Bertz CT molecular complexity index is 263. The van der Waals surface area contributed by atoms with Crippen LogP contribution in [0.3, 0.4) is 0 Å². The normalized spacial score (nSPS) is 8.35. The summed E-state index contributed by atoms with van der Waals surface area (Å²) in [6.45, 7) is 17.2. The summed E-state index contributed by atoms with van der Waals surface area (Å²) in [5, 5.41) is 0. The fourth-order valence-electron chi connectivity index (χ4n) is 0.770. The molecule has 0 heteroatoms. The Morgan fingerprint density at radius 2 is 0.435 bits per heavy atom. The smallest absolute Gasteiger partial charge is 0.0411 e. The van der Waals surface area contributed by atoms with Crippen molar-refractivity contribution in [3.05, 3.63) is 72.8 Å². The molecule has 2 aromatic carbocycles. The molecule has 0 amide bonds. The molecule has 0 fully saturated rings. The maximum absolute atomic E-state index is 2.19. The highest BCUT2D eigenvalue weighted by Gasteiger charge is 1.95. The molecule has 0 aliphatic carbocycles. The summed E-state index contributed by atoms with van der Waals surface area (Å²) in [5.41, 5.74) is 0.500. The first-order valence-corrected chi connectivity index (χ1v) is 8.83. The van der Waals surface area contributed by atoms with E-state index in [-0.39, 0.29) is 0 Å². The van der Waals surface area contributed by atoms with Crippen LogP contribution in [0.15, 0.2) is 72.8 Å². The Morgan fingerprint density at radius 3 is 0.478 bits per heavy atom. The van der Waals surface area contributed by atoms with Crippen molar-refractivity contribution in [1.29, 1.82) is 0 Å². The molecule has 23 heavy (non-hydrogen) atoms. The molecule has 132 valence electrons. The Kier molecular flexibility index (Phi) is 26.0. The van der Waals surface area contributed by atoms with Crippen LogP contribution in [0.4, 0.5) is 0 Å². The van der Waals surface area contributed by atoms with Crippen molar-refractivity contribution in [2.45, 2.75) is 68.2 Å². The highest BCUT2D eigenvalue weighted by Crippen LogP contribution is 2.08. The van der Waals surface area contributed by atoms with Crippen molar-refractivity contribution in [1.82, 2.24) is 0 Å². The molecule has 0 heterocycles. The van der Waals surface area contributed by atoms with Crippen LogP contribution in [0.25, 0.3) is 0 Å². The van der Waals surface area contributed by atoms with Crippen LogP contribution in [-0.2, 0) is 0 Å². The monoisotopic (exact) mass is 316 g/mol. The van der Waals surface area contributed by atoms with E-state index in [4.69, 9.17) is 0 Å². The lowest BCUT2D eigenvalue weighted by Crippen LogP contribution is -1.93. The third-order valence-corrected chi connectivity index (χ3v) is 1.33. The Balaban J connectivity index is -0.000000226. The predicted octanol–water partition coefficient (Wildman–Crippen LogP) is 8.26. The van der Waals surface area contributed by atoms with Gasteiger partial charge in [-0.25, -0.2) is 0 Å². The van der Waals surface area contributed by atoms with Gasteiger partial charge in [0.05, 0.1) is 0 Å². The van der Waals surface area contributed by atoms with E-state index in [1.165, 1.54) is 12.8 Å². The molecular weight excluding hydrogens is 276 g/mol. The van der Waals surface area contributed by atoms with Crippen molar-refractivity contribution in [3.63, 3.8) is 0 Å². The van der Waals surface area contributed by atoms with E-state index >= 15 is 0 Å². The molecule has 0 aromatic heterocycles. The van der Waals surface area contributed by atoms with Crippen LogP contribution in [0, 0.1) is 5.41 Å². The van der Waals surface area contributed by atoms with E-state index < -0.39 is 0 Å². The highest BCUT2D eigenvalue weighted by atomic mass is 14.0. The largest absolute Gasteiger partial charge is 0.0656 e. The predicted molar refractivity (Wildman–Crippen MR) is 110 cm³/mol. The molecule has 0 bridgehead atoms. The lowest BCUT2D eigenvalue weighted by molar-refractivity contribution is 0.469. The van der Waals surface area contributed by atoms with E-state index in [1.807, 2.05) is 72.8 Å². The molecule has 0 saturated heterocycles. The minimum atomic E-state index is 0.500. The number of hydrogen-bond donors (Lipinski definition) is 0. The number of benzene rings is 2. The van der Waals surface area contributed by atoms with Crippen LogP contribution in [0.1, 0.15) is 68.2 Å². The van der Waals surface area contributed by atoms with E-state index in [1.54, 1.807) is 0 Å². The summed E-state index contributed by atoms with van der Waals surface area (Å²) in [4.78, 5) is 0. The van der Waals surface area contributed by atoms with Crippen LogP contribution in [0.5, 0.6) is 0 Å². The van der Waals surface area contributed by atoms with Gasteiger partial charge >= 0.3 is 0 Å². The second-order valence-electron chi connectivity index (χ2n) is 6.72. The molecule has 0 unspecified atom stereocenters. The van der Waals surface area contributed by atoms with Gasteiger partial charge in [0.25, 0.3) is 0 Å². The molecule has 0 atom stereocenters. The van der Waals surface area contributed by atoms with Crippen molar-refractivity contribution in [2.75, 3.05) is 0 Å². The number of rotatable bonds is 0. The Hall–Kier alpha value is -1.56. The topological polar surface area (TPSA) is 0 Å². The molecular formula is C23H40. The maximum atomic E-state index is 2.19. The molecule has 2 rings (SSSR count). The van der Waals surface area contributed by atoms with Crippen LogP contribution < -0.4 is 0 Å². The summed E-state index contributed by atoms with van der Waals surface area (Å²) < 4.78 is 0. The van der Waals surface area contributed by atoms with Gasteiger partial charge in [0.1, 0.15) is 0 Å². The second kappa shape index (κ2) is 22.7. The summed E-state index contributed by atoms with van der Waals surface area (Å²) in [7, 11) is 0. The lowest BCUT2D eigenvalue weighted by Gasteiger charge is -2.05. The molecule has 0 aliphatic rings. The van der Waals surface area contributed by atoms with E-state index in [9.17, 15) is 0 Å². The maximum Gasteiger partial charge on any atom is -0.0411 e. The van der Waals surface area contributed by atoms with E-state index in [0.717, 1.165) is 0 Å². The van der Waals surface area contributed by atoms with Crippen LogP contribution >= 0.6 is 0 Å². The van der Waals surface area contributed by atoms with E-state index in [0.29, 0.717) is 5.41 Å². The first-order chi connectivity index (χ1) is 10.8. The molecule has 0 spiro atoms. The van der Waals surface area contributed by atoms with E-state index in [2.05, 4.69) is 55.4 Å². The standard InChI is InChI=1S/2C6H6.C5H12.2C3H8/c2*1-2-4-6-5-3-1;1-5(2,3)4;2*1-3-2/h2*1-6H;1-4H3;2*3H2,1-2H3. The first-order valence-electron chi connectivity index (χ1n) is 8.83. The average Bonchev–Trinajstić information content (AvgIpc) is 2.51. The van der Waals surface area contributed by atoms with Crippen molar-refractivity contribution < 1.29 is 0 Å². The average molecular weight is 317 g/mol. The van der Waals surface area contributed by atoms with Gasteiger partial charge in [-0.1, -0.05) is 141 Å². The SMILES string of the molecule is CC(C)(C)C.CCC.CCC.c1ccccc1.c1ccccc1. The molecule has 2 aromatic rings. The molecule has 0 radical (unpaired) electrons. The molecule has 0 N–H and O–H groups in total. The molecule has 0 aliphatic heterocycles. The van der Waals surface area contributed by atoms with Crippen molar-refractivity contribution in [2.24, 2.45) is 5.41 Å². The molecule has 0 nitrogen and oxygen atoms in total. The van der Waals surface area contributed by atoms with Crippen LogP contribution in [-0.4, -0.2) is 0 Å². The third kappa shape index (κ3) is 63.8. The molecule has 0 saturated carbocycles.